The molecule has 3 aromatic rings. The Hall–Kier alpha value is -3.10. The summed E-state index contributed by atoms with van der Waals surface area (Å²) in [7, 11) is -4.27. The number of para-hydroxylation sites is 1. The SMILES string of the molecule is C[C@H](NP(=O)(OC[C@@]1(C)O[C@@H](c2ccc3c(N)ncnn23)[C@H](O)[C@@H]1O)Oc1ccccc1)C(=O)OC1CCC(N)CC1. The first-order chi connectivity index (χ1) is 20.0. The maximum atomic E-state index is 14.0. The van der Waals surface area contributed by atoms with Crippen molar-refractivity contribution in [2.75, 3.05) is 12.3 Å². The van der Waals surface area contributed by atoms with Crippen LogP contribution in [0.15, 0.2) is 48.8 Å². The van der Waals surface area contributed by atoms with Gasteiger partial charge in [0.05, 0.1) is 12.3 Å². The van der Waals surface area contributed by atoms with Crippen LogP contribution in [0.4, 0.5) is 5.82 Å². The maximum Gasteiger partial charge on any atom is 0.459 e. The van der Waals surface area contributed by atoms with Crippen molar-refractivity contribution in [3.05, 3.63) is 54.5 Å². The first-order valence-electron chi connectivity index (χ1n) is 13.8. The topological polar surface area (TPSA) is 206 Å². The molecule has 42 heavy (non-hydrogen) atoms. The van der Waals surface area contributed by atoms with Gasteiger partial charge in [0.1, 0.15) is 53.7 Å². The van der Waals surface area contributed by atoms with E-state index >= 15 is 0 Å². The smallest absolute Gasteiger partial charge is 0.459 e. The number of nitrogens with one attached hydrogen (secondary N) is 1. The summed E-state index contributed by atoms with van der Waals surface area (Å²) in [5, 5.41) is 28.8. The predicted octanol–water partition coefficient (Wildman–Crippen LogP) is 1.86. The van der Waals surface area contributed by atoms with E-state index < -0.39 is 50.3 Å². The van der Waals surface area contributed by atoms with Gasteiger partial charge in [-0.15, -0.1) is 0 Å². The van der Waals surface area contributed by atoms with Crippen LogP contribution < -0.4 is 21.1 Å². The summed E-state index contributed by atoms with van der Waals surface area (Å²) in [5.41, 5.74) is 11.3. The molecular formula is C27H37N6O8P. The van der Waals surface area contributed by atoms with Crippen molar-refractivity contribution in [1.29, 1.82) is 0 Å². The molecule has 0 spiro atoms. The number of aliphatic hydroxyl groups excluding tert-OH is 2. The molecule has 1 aliphatic heterocycles. The molecule has 6 atom stereocenters. The zero-order chi connectivity index (χ0) is 30.1. The van der Waals surface area contributed by atoms with Crippen molar-refractivity contribution >= 4 is 25.1 Å². The number of nitrogen functional groups attached to an aromatic ring is 1. The third kappa shape index (κ3) is 6.45. The van der Waals surface area contributed by atoms with Crippen molar-refractivity contribution in [2.24, 2.45) is 5.73 Å². The Bertz CT molecular complexity index is 1430. The number of hydrogen-bond acceptors (Lipinski definition) is 12. The van der Waals surface area contributed by atoms with Gasteiger partial charge >= 0.3 is 13.7 Å². The molecule has 3 heterocycles. The van der Waals surface area contributed by atoms with E-state index in [-0.39, 0.29) is 23.7 Å². The van der Waals surface area contributed by atoms with Crippen LogP contribution in [0, 0.1) is 0 Å². The molecule has 1 saturated heterocycles. The number of aromatic nitrogens is 3. The van der Waals surface area contributed by atoms with Crippen molar-refractivity contribution < 1.29 is 38.1 Å². The molecule has 1 unspecified atom stereocenters. The fraction of sp³-hybridized carbons (Fsp3) is 0.519. The molecule has 1 aromatic carbocycles. The standard InChI is InChI=1S/C27H37N6O8P/c1-16(26(36)39-18-10-8-17(28)9-11-18)32-42(37,41-19-6-4-3-5-7-19)38-14-27(2)24(35)22(34)23(40-27)20-12-13-21-25(29)30-15-31-33(20)21/h3-7,12-13,15-18,22-24,34-35H,8-11,14,28H2,1-2H3,(H,32,37)(H2,29,30,31)/t16-,17?,18?,22-,23-,24-,27+,42?/m0/s1. The molecule has 228 valence electrons. The maximum absolute atomic E-state index is 14.0. The molecule has 5 rings (SSSR count). The largest absolute Gasteiger partial charge is 0.461 e. The molecule has 1 aliphatic carbocycles. The molecule has 2 fully saturated rings. The number of carbonyl (C=O) groups is 1. The van der Waals surface area contributed by atoms with Crippen LogP contribution in [0.1, 0.15) is 51.3 Å². The molecule has 15 heteroatoms. The van der Waals surface area contributed by atoms with Crippen molar-refractivity contribution in [3.8, 4) is 5.75 Å². The van der Waals surface area contributed by atoms with Crippen LogP contribution in [0.2, 0.25) is 0 Å². The quantitative estimate of drug-likeness (QED) is 0.166. The second kappa shape index (κ2) is 12.3. The Balaban J connectivity index is 1.31. The second-order valence-corrected chi connectivity index (χ2v) is 12.7. The molecule has 2 aromatic heterocycles. The van der Waals surface area contributed by atoms with Crippen molar-refractivity contribution in [3.63, 3.8) is 0 Å². The van der Waals surface area contributed by atoms with Gasteiger partial charge in [-0.25, -0.2) is 14.1 Å². The average Bonchev–Trinajstić information content (AvgIpc) is 3.49. The number of anilines is 1. The third-order valence-corrected chi connectivity index (χ3v) is 9.28. The minimum absolute atomic E-state index is 0.0962. The molecule has 14 nitrogen and oxygen atoms in total. The van der Waals surface area contributed by atoms with Crippen molar-refractivity contribution in [1.82, 2.24) is 19.7 Å². The Morgan fingerprint density at radius 1 is 1.21 bits per heavy atom. The number of carbonyl (C=O) groups excluding carboxylic acids is 1. The number of ether oxygens (including phenoxy) is 2. The van der Waals surface area contributed by atoms with E-state index in [9.17, 15) is 19.6 Å². The molecule has 0 bridgehead atoms. The van der Waals surface area contributed by atoms with Crippen molar-refractivity contribution in [2.45, 2.75) is 81.6 Å². The highest BCUT2D eigenvalue weighted by molar-refractivity contribution is 7.52. The van der Waals surface area contributed by atoms with Gasteiger partial charge in [-0.2, -0.15) is 10.2 Å². The Kier molecular flexibility index (Phi) is 8.86. The second-order valence-electron chi connectivity index (χ2n) is 11.0. The van der Waals surface area contributed by atoms with Crippen LogP contribution in [0.3, 0.4) is 0 Å². The summed E-state index contributed by atoms with van der Waals surface area (Å²) in [4.78, 5) is 16.8. The minimum atomic E-state index is -4.27. The van der Waals surface area contributed by atoms with Gasteiger partial charge in [-0.1, -0.05) is 18.2 Å². The number of nitrogens with zero attached hydrogens (tertiary/aromatic N) is 3. The highest BCUT2D eigenvalue weighted by Gasteiger charge is 2.54. The summed E-state index contributed by atoms with van der Waals surface area (Å²) in [6.45, 7) is 2.54. The van der Waals surface area contributed by atoms with Gasteiger partial charge in [0, 0.05) is 6.04 Å². The van der Waals surface area contributed by atoms with E-state index in [1.54, 1.807) is 42.5 Å². The molecule has 2 aliphatic rings. The number of esters is 1. The van der Waals surface area contributed by atoms with E-state index in [2.05, 4.69) is 15.2 Å². The molecule has 0 radical (unpaired) electrons. The number of aliphatic hydroxyl groups is 2. The Morgan fingerprint density at radius 2 is 1.93 bits per heavy atom. The summed E-state index contributed by atoms with van der Waals surface area (Å²) < 4.78 is 38.7. The first kappa shape index (κ1) is 30.4. The first-order valence-corrected chi connectivity index (χ1v) is 15.4. The normalized spacial score (nSPS) is 30.1. The van der Waals surface area contributed by atoms with Crippen LogP contribution >= 0.6 is 7.75 Å². The lowest BCUT2D eigenvalue weighted by Crippen LogP contribution is -2.45. The lowest BCUT2D eigenvalue weighted by Gasteiger charge is -2.31. The van der Waals surface area contributed by atoms with E-state index in [4.69, 9.17) is 30.0 Å². The number of benzene rings is 1. The highest BCUT2D eigenvalue weighted by Crippen LogP contribution is 2.48. The number of hydrogen-bond donors (Lipinski definition) is 5. The molecule has 7 N–H and O–H groups in total. The monoisotopic (exact) mass is 604 g/mol. The van der Waals surface area contributed by atoms with Gasteiger partial charge in [-0.05, 0) is 63.8 Å². The van der Waals surface area contributed by atoms with Gasteiger partial charge < -0.3 is 35.7 Å². The third-order valence-electron chi connectivity index (χ3n) is 7.66. The van der Waals surface area contributed by atoms with Gasteiger partial charge in [0.25, 0.3) is 0 Å². The zero-order valence-electron chi connectivity index (χ0n) is 23.4. The Morgan fingerprint density at radius 3 is 2.64 bits per heavy atom. The summed E-state index contributed by atoms with van der Waals surface area (Å²) in [5.74, 6) is -0.153. The fourth-order valence-corrected chi connectivity index (χ4v) is 6.77. The highest BCUT2D eigenvalue weighted by atomic mass is 31.2. The number of fused-ring (bicyclic) bond motifs is 1. The summed E-state index contributed by atoms with van der Waals surface area (Å²) >= 11 is 0. The zero-order valence-corrected chi connectivity index (χ0v) is 24.3. The van der Waals surface area contributed by atoms with Crippen LogP contribution in [-0.4, -0.2) is 73.4 Å². The van der Waals surface area contributed by atoms with Gasteiger partial charge in [0.2, 0.25) is 0 Å². The van der Waals surface area contributed by atoms with E-state index in [0.717, 1.165) is 12.8 Å². The lowest BCUT2D eigenvalue weighted by molar-refractivity contribution is -0.152. The van der Waals surface area contributed by atoms with Crippen LogP contribution in [0.5, 0.6) is 5.75 Å². The number of rotatable bonds is 10. The summed E-state index contributed by atoms with van der Waals surface area (Å²) in [6.07, 6.45) is -0.0407. The van der Waals surface area contributed by atoms with E-state index in [0.29, 0.717) is 24.1 Å². The lowest BCUT2D eigenvalue weighted by atomic mass is 9.94. The number of nitrogens with two attached hydrogens (primary N) is 2. The molecular weight excluding hydrogens is 567 g/mol. The van der Waals surface area contributed by atoms with E-state index in [1.165, 1.54) is 24.7 Å². The Labute approximate surface area is 242 Å². The van der Waals surface area contributed by atoms with Crippen LogP contribution in [0.25, 0.3) is 5.52 Å². The summed E-state index contributed by atoms with van der Waals surface area (Å²) in [6, 6.07) is 10.7. The minimum Gasteiger partial charge on any atom is -0.461 e. The predicted molar refractivity (Wildman–Crippen MR) is 151 cm³/mol. The fourth-order valence-electron chi connectivity index (χ4n) is 5.19. The van der Waals surface area contributed by atoms with Gasteiger partial charge in [-0.3, -0.25) is 9.32 Å². The van der Waals surface area contributed by atoms with Gasteiger partial charge in [0.15, 0.2) is 5.82 Å². The molecule has 1 saturated carbocycles. The van der Waals surface area contributed by atoms with Crippen LogP contribution in [-0.2, 0) is 23.4 Å². The molecule has 0 amide bonds. The van der Waals surface area contributed by atoms with E-state index in [1.807, 2.05) is 0 Å². The average molecular weight is 605 g/mol.